The summed E-state index contributed by atoms with van der Waals surface area (Å²) in [6, 6.07) is -3.55. The van der Waals surface area contributed by atoms with Crippen molar-refractivity contribution in [2.75, 3.05) is 6.54 Å². The van der Waals surface area contributed by atoms with Crippen molar-refractivity contribution in [2.24, 2.45) is 17.4 Å². The van der Waals surface area contributed by atoms with Crippen molar-refractivity contribution in [2.45, 2.75) is 64.1 Å². The molecule has 0 aliphatic carbocycles. The molecule has 176 valence electrons. The van der Waals surface area contributed by atoms with E-state index in [9.17, 15) is 28.8 Å². The van der Waals surface area contributed by atoms with E-state index in [0.29, 0.717) is 6.42 Å². The molecular formula is C18H31N5O8. The number of carboxylic acids is 2. The van der Waals surface area contributed by atoms with Gasteiger partial charge in [0.05, 0.1) is 6.04 Å². The van der Waals surface area contributed by atoms with Crippen molar-refractivity contribution in [1.82, 2.24) is 16.0 Å². The zero-order valence-corrected chi connectivity index (χ0v) is 17.6. The lowest BCUT2D eigenvalue weighted by molar-refractivity contribution is -0.140. The normalized spacial score (nSPS) is 13.5. The van der Waals surface area contributed by atoms with Gasteiger partial charge in [0.1, 0.15) is 18.6 Å². The summed E-state index contributed by atoms with van der Waals surface area (Å²) in [5.74, 6) is -5.60. The molecule has 0 bridgehead atoms. The average Bonchev–Trinajstić information content (AvgIpc) is 2.64. The maximum Gasteiger partial charge on any atom is 0.322 e. The van der Waals surface area contributed by atoms with Crippen molar-refractivity contribution in [1.29, 1.82) is 0 Å². The van der Waals surface area contributed by atoms with E-state index in [1.54, 1.807) is 0 Å². The summed E-state index contributed by atoms with van der Waals surface area (Å²) < 4.78 is 0. The Bertz CT molecular complexity index is 682. The first-order chi connectivity index (χ1) is 14.3. The summed E-state index contributed by atoms with van der Waals surface area (Å²) in [5, 5.41) is 24.3. The van der Waals surface area contributed by atoms with Gasteiger partial charge in [-0.2, -0.15) is 0 Å². The van der Waals surface area contributed by atoms with E-state index in [-0.39, 0.29) is 25.2 Å². The van der Waals surface area contributed by atoms with Crippen LogP contribution in [0.4, 0.5) is 0 Å². The van der Waals surface area contributed by atoms with Crippen LogP contribution < -0.4 is 27.4 Å². The molecule has 0 radical (unpaired) electrons. The minimum absolute atomic E-state index is 0.108. The molecule has 0 spiro atoms. The fraction of sp³-hybridized carbons (Fsp3) is 0.667. The van der Waals surface area contributed by atoms with Gasteiger partial charge in [0.15, 0.2) is 0 Å². The third kappa shape index (κ3) is 12.8. The van der Waals surface area contributed by atoms with Crippen LogP contribution in [0.25, 0.3) is 0 Å². The number of carboxylic acid groups (broad SMARTS) is 2. The molecular weight excluding hydrogens is 414 g/mol. The highest BCUT2D eigenvalue weighted by Crippen LogP contribution is 2.06. The standard InChI is InChI=1S/C18H31N5O8/c1-9(2)7-10(19)16(29)22-12(3-5-13(20)24)18(31)23-11(4-6-14(25)26)17(30)21-8-15(27)28/h9-12H,3-8,19H2,1-2H3,(H2,20,24)(H,21,30)(H,22,29)(H,23,31)(H,25,26)(H,27,28). The van der Waals surface area contributed by atoms with E-state index in [2.05, 4.69) is 16.0 Å². The summed E-state index contributed by atoms with van der Waals surface area (Å²) >= 11 is 0. The smallest absolute Gasteiger partial charge is 0.322 e. The van der Waals surface area contributed by atoms with Gasteiger partial charge in [-0.05, 0) is 25.2 Å². The molecule has 13 nitrogen and oxygen atoms in total. The van der Waals surface area contributed by atoms with Crippen LogP contribution in [-0.2, 0) is 28.8 Å². The molecule has 3 unspecified atom stereocenters. The number of nitrogens with one attached hydrogen (secondary N) is 3. The predicted octanol–water partition coefficient (Wildman–Crippen LogP) is -2.34. The van der Waals surface area contributed by atoms with Crippen LogP contribution in [0.2, 0.25) is 0 Å². The van der Waals surface area contributed by atoms with Gasteiger partial charge < -0.3 is 37.6 Å². The number of amides is 4. The number of carbonyl (C=O) groups excluding carboxylic acids is 4. The molecule has 0 saturated heterocycles. The molecule has 31 heavy (non-hydrogen) atoms. The zero-order valence-electron chi connectivity index (χ0n) is 17.6. The number of carbonyl (C=O) groups is 6. The van der Waals surface area contributed by atoms with E-state index in [1.165, 1.54) is 0 Å². The van der Waals surface area contributed by atoms with Crippen molar-refractivity contribution in [3.8, 4) is 0 Å². The fourth-order valence-corrected chi connectivity index (χ4v) is 2.54. The molecule has 0 saturated carbocycles. The summed E-state index contributed by atoms with van der Waals surface area (Å²) in [6.45, 7) is 2.98. The van der Waals surface area contributed by atoms with Crippen molar-refractivity contribution in [3.63, 3.8) is 0 Å². The summed E-state index contributed by atoms with van der Waals surface area (Å²) in [6.07, 6.45) is -0.889. The summed E-state index contributed by atoms with van der Waals surface area (Å²) in [4.78, 5) is 69.7. The lowest BCUT2D eigenvalue weighted by Crippen LogP contribution is -2.56. The molecule has 13 heteroatoms. The Hall–Kier alpha value is -3.22. The van der Waals surface area contributed by atoms with E-state index >= 15 is 0 Å². The van der Waals surface area contributed by atoms with Crippen LogP contribution in [-0.4, -0.2) is 70.5 Å². The maximum atomic E-state index is 12.7. The first-order valence-electron chi connectivity index (χ1n) is 9.69. The van der Waals surface area contributed by atoms with Gasteiger partial charge >= 0.3 is 11.9 Å². The van der Waals surface area contributed by atoms with Gasteiger partial charge in [0.2, 0.25) is 23.6 Å². The highest BCUT2D eigenvalue weighted by atomic mass is 16.4. The van der Waals surface area contributed by atoms with E-state index in [1.807, 2.05) is 13.8 Å². The van der Waals surface area contributed by atoms with E-state index in [4.69, 9.17) is 21.7 Å². The Labute approximate surface area is 179 Å². The number of hydrogen-bond acceptors (Lipinski definition) is 7. The Morgan fingerprint density at radius 1 is 0.806 bits per heavy atom. The van der Waals surface area contributed by atoms with E-state index < -0.39 is 66.7 Å². The lowest BCUT2D eigenvalue weighted by atomic mass is 10.0. The van der Waals surface area contributed by atoms with Crippen LogP contribution in [0.15, 0.2) is 0 Å². The molecule has 0 aromatic rings. The number of primary amides is 1. The average molecular weight is 445 g/mol. The highest BCUT2D eigenvalue weighted by molar-refractivity contribution is 5.94. The first-order valence-corrected chi connectivity index (χ1v) is 9.69. The third-order valence-corrected chi connectivity index (χ3v) is 4.07. The summed E-state index contributed by atoms with van der Waals surface area (Å²) in [5.41, 5.74) is 10.9. The van der Waals surface area contributed by atoms with Crippen molar-refractivity contribution < 1.29 is 39.0 Å². The fourth-order valence-electron chi connectivity index (χ4n) is 2.54. The minimum Gasteiger partial charge on any atom is -0.481 e. The Balaban J connectivity index is 5.35. The van der Waals surface area contributed by atoms with Crippen LogP contribution in [0.1, 0.15) is 46.0 Å². The molecule has 0 aliphatic rings. The predicted molar refractivity (Wildman–Crippen MR) is 107 cm³/mol. The molecule has 0 aromatic carbocycles. The quantitative estimate of drug-likeness (QED) is 0.143. The minimum atomic E-state index is -1.37. The van der Waals surface area contributed by atoms with E-state index in [0.717, 1.165) is 0 Å². The lowest BCUT2D eigenvalue weighted by Gasteiger charge is -2.24. The van der Waals surface area contributed by atoms with Gasteiger partial charge in [0, 0.05) is 12.8 Å². The SMILES string of the molecule is CC(C)CC(N)C(=O)NC(CCC(N)=O)C(=O)NC(CCC(=O)O)C(=O)NCC(=O)O. The van der Waals surface area contributed by atoms with Gasteiger partial charge in [0.25, 0.3) is 0 Å². The molecule has 0 fully saturated rings. The topological polar surface area (TPSA) is 231 Å². The number of rotatable bonds is 15. The van der Waals surface area contributed by atoms with Crippen molar-refractivity contribution >= 4 is 35.6 Å². The number of nitrogens with two attached hydrogens (primary N) is 2. The molecule has 3 atom stereocenters. The maximum absolute atomic E-state index is 12.7. The van der Waals surface area contributed by atoms with Crippen LogP contribution in [0, 0.1) is 5.92 Å². The van der Waals surface area contributed by atoms with Crippen LogP contribution in [0.3, 0.4) is 0 Å². The monoisotopic (exact) mass is 445 g/mol. The molecule has 0 rings (SSSR count). The second kappa shape index (κ2) is 13.9. The van der Waals surface area contributed by atoms with Gasteiger partial charge in [-0.15, -0.1) is 0 Å². The zero-order chi connectivity index (χ0) is 24.1. The molecule has 0 aromatic heterocycles. The molecule has 0 heterocycles. The Morgan fingerprint density at radius 2 is 1.32 bits per heavy atom. The Morgan fingerprint density at radius 3 is 1.81 bits per heavy atom. The summed E-state index contributed by atoms with van der Waals surface area (Å²) in [7, 11) is 0. The Kier molecular flexibility index (Phi) is 12.5. The van der Waals surface area contributed by atoms with Gasteiger partial charge in [-0.1, -0.05) is 13.8 Å². The number of hydrogen-bond donors (Lipinski definition) is 7. The number of aliphatic carboxylic acids is 2. The largest absolute Gasteiger partial charge is 0.481 e. The first kappa shape index (κ1) is 27.8. The van der Waals surface area contributed by atoms with Crippen molar-refractivity contribution in [3.05, 3.63) is 0 Å². The second-order valence-electron chi connectivity index (χ2n) is 7.41. The van der Waals surface area contributed by atoms with Gasteiger partial charge in [-0.25, -0.2) is 0 Å². The van der Waals surface area contributed by atoms with Gasteiger partial charge in [-0.3, -0.25) is 28.8 Å². The molecule has 4 amide bonds. The third-order valence-electron chi connectivity index (χ3n) is 4.07. The molecule has 0 aliphatic heterocycles. The highest BCUT2D eigenvalue weighted by Gasteiger charge is 2.29. The van der Waals surface area contributed by atoms with Crippen LogP contribution >= 0.6 is 0 Å². The molecule has 9 N–H and O–H groups in total. The van der Waals surface area contributed by atoms with Crippen LogP contribution in [0.5, 0.6) is 0 Å². The second-order valence-corrected chi connectivity index (χ2v) is 7.41.